The van der Waals surface area contributed by atoms with Gasteiger partial charge < -0.3 is 19.7 Å². The Hall–Kier alpha value is -1.82. The Bertz CT molecular complexity index is 586. The summed E-state index contributed by atoms with van der Waals surface area (Å²) in [5.74, 6) is 0.361. The van der Waals surface area contributed by atoms with Crippen LogP contribution >= 0.6 is 0 Å². The van der Waals surface area contributed by atoms with Crippen LogP contribution < -0.4 is 10.1 Å². The number of hydrogen-bond donors (Lipinski definition) is 1. The van der Waals surface area contributed by atoms with Crippen LogP contribution in [0.15, 0.2) is 18.2 Å². The summed E-state index contributed by atoms with van der Waals surface area (Å²) in [4.78, 5) is 13.8. The fourth-order valence-corrected chi connectivity index (χ4v) is 2.88. The van der Waals surface area contributed by atoms with Gasteiger partial charge in [0.15, 0.2) is 0 Å². The smallest absolute Gasteiger partial charge is 0.410 e. The zero-order valence-electron chi connectivity index (χ0n) is 15.1. The van der Waals surface area contributed by atoms with E-state index in [0.29, 0.717) is 18.8 Å². The predicted octanol–water partition coefficient (Wildman–Crippen LogP) is 3.49. The molecule has 2 atom stereocenters. The first kappa shape index (κ1) is 18.5. The van der Waals surface area contributed by atoms with Gasteiger partial charge in [0.2, 0.25) is 0 Å². The maximum Gasteiger partial charge on any atom is 0.410 e. The molecule has 1 aromatic carbocycles. The van der Waals surface area contributed by atoms with Gasteiger partial charge in [0, 0.05) is 30.7 Å². The fourth-order valence-electron chi connectivity index (χ4n) is 2.88. The molecule has 6 heteroatoms. The normalized spacial score (nSPS) is 19.2. The van der Waals surface area contributed by atoms with E-state index in [9.17, 15) is 9.18 Å². The van der Waals surface area contributed by atoms with Gasteiger partial charge in [0.1, 0.15) is 17.2 Å². The molecule has 1 amide bonds. The summed E-state index contributed by atoms with van der Waals surface area (Å²) in [6.45, 7) is 8.77. The Morgan fingerprint density at radius 3 is 2.75 bits per heavy atom. The van der Waals surface area contributed by atoms with Gasteiger partial charge in [-0.15, -0.1) is 0 Å². The highest BCUT2D eigenvalue weighted by Crippen LogP contribution is 2.27. The number of nitrogens with one attached hydrogen (secondary N) is 1. The SMILES string of the molecule is COc1ccc(F)cc1C(C)NC1CCN(C(=O)OC(C)(C)C)C1. The van der Waals surface area contributed by atoms with E-state index >= 15 is 0 Å². The van der Waals surface area contributed by atoms with E-state index in [0.717, 1.165) is 12.0 Å². The van der Waals surface area contributed by atoms with Gasteiger partial charge in [0.25, 0.3) is 0 Å². The summed E-state index contributed by atoms with van der Waals surface area (Å²) in [6, 6.07) is 4.55. The summed E-state index contributed by atoms with van der Waals surface area (Å²) in [5, 5.41) is 3.45. The minimum absolute atomic E-state index is 0.0840. The van der Waals surface area contributed by atoms with Gasteiger partial charge >= 0.3 is 6.09 Å². The van der Waals surface area contributed by atoms with Gasteiger partial charge in [-0.25, -0.2) is 9.18 Å². The van der Waals surface area contributed by atoms with Crippen molar-refractivity contribution < 1.29 is 18.7 Å². The summed E-state index contributed by atoms with van der Waals surface area (Å²) in [7, 11) is 1.57. The van der Waals surface area contributed by atoms with Crippen LogP contribution in [0.1, 0.15) is 45.7 Å². The van der Waals surface area contributed by atoms with Crippen molar-refractivity contribution in [2.75, 3.05) is 20.2 Å². The Labute approximate surface area is 143 Å². The third-order valence-electron chi connectivity index (χ3n) is 3.98. The largest absolute Gasteiger partial charge is 0.496 e. The van der Waals surface area contributed by atoms with Crippen molar-refractivity contribution in [2.45, 2.75) is 51.8 Å². The molecule has 0 aliphatic carbocycles. The Balaban J connectivity index is 1.96. The van der Waals surface area contributed by atoms with Crippen molar-refractivity contribution in [1.29, 1.82) is 0 Å². The summed E-state index contributed by atoms with van der Waals surface area (Å²) in [6.07, 6.45) is 0.545. The molecule has 134 valence electrons. The number of rotatable bonds is 4. The molecule has 0 bridgehead atoms. The van der Waals surface area contributed by atoms with Gasteiger partial charge in [-0.3, -0.25) is 0 Å². The van der Waals surface area contributed by atoms with Crippen molar-refractivity contribution in [1.82, 2.24) is 10.2 Å². The molecule has 1 N–H and O–H groups in total. The molecule has 1 aromatic rings. The zero-order chi connectivity index (χ0) is 17.9. The molecule has 1 fully saturated rings. The molecule has 24 heavy (non-hydrogen) atoms. The van der Waals surface area contributed by atoms with Crippen molar-refractivity contribution in [3.63, 3.8) is 0 Å². The van der Waals surface area contributed by atoms with E-state index < -0.39 is 5.60 Å². The minimum Gasteiger partial charge on any atom is -0.496 e. The topological polar surface area (TPSA) is 50.8 Å². The first-order chi connectivity index (χ1) is 11.2. The fraction of sp³-hybridized carbons (Fsp3) is 0.611. The van der Waals surface area contributed by atoms with E-state index in [-0.39, 0.29) is 24.0 Å². The molecule has 1 aliphatic heterocycles. The van der Waals surface area contributed by atoms with E-state index in [1.165, 1.54) is 12.1 Å². The minimum atomic E-state index is -0.495. The number of hydrogen-bond acceptors (Lipinski definition) is 4. The van der Waals surface area contributed by atoms with Gasteiger partial charge in [0.05, 0.1) is 7.11 Å². The second-order valence-corrected chi connectivity index (χ2v) is 7.19. The molecule has 5 nitrogen and oxygen atoms in total. The standard InChI is InChI=1S/C18H27FN2O3/c1-12(15-10-13(19)6-7-16(15)23-5)20-14-8-9-21(11-14)17(22)24-18(2,3)4/h6-7,10,12,14,20H,8-9,11H2,1-5H3. The number of halogens is 1. The maximum absolute atomic E-state index is 13.5. The van der Waals surface area contributed by atoms with E-state index in [2.05, 4.69) is 5.32 Å². The summed E-state index contributed by atoms with van der Waals surface area (Å²) in [5.41, 5.74) is 0.276. The quantitative estimate of drug-likeness (QED) is 0.913. The van der Waals surface area contributed by atoms with Crippen LogP contribution in [0.5, 0.6) is 5.75 Å². The highest BCUT2D eigenvalue weighted by Gasteiger charge is 2.30. The number of likely N-dealkylation sites (tertiary alicyclic amines) is 1. The van der Waals surface area contributed by atoms with Gasteiger partial charge in [-0.05, 0) is 52.3 Å². The second kappa shape index (κ2) is 7.38. The molecule has 0 radical (unpaired) electrons. The second-order valence-electron chi connectivity index (χ2n) is 7.19. The number of carbonyl (C=O) groups is 1. The molecular weight excluding hydrogens is 311 g/mol. The van der Waals surface area contributed by atoms with Gasteiger partial charge in [-0.2, -0.15) is 0 Å². The lowest BCUT2D eigenvalue weighted by atomic mass is 10.1. The lowest BCUT2D eigenvalue weighted by Gasteiger charge is -2.25. The first-order valence-corrected chi connectivity index (χ1v) is 8.27. The Kier molecular flexibility index (Phi) is 5.70. The highest BCUT2D eigenvalue weighted by molar-refractivity contribution is 5.68. The molecular formula is C18H27FN2O3. The number of carbonyl (C=O) groups excluding carboxylic acids is 1. The number of benzene rings is 1. The van der Waals surface area contributed by atoms with Crippen molar-refractivity contribution in [2.24, 2.45) is 0 Å². The van der Waals surface area contributed by atoms with Crippen molar-refractivity contribution >= 4 is 6.09 Å². The van der Waals surface area contributed by atoms with E-state index in [1.807, 2.05) is 27.7 Å². The molecule has 1 aliphatic rings. The van der Waals surface area contributed by atoms with Crippen molar-refractivity contribution in [3.8, 4) is 5.75 Å². The molecule has 0 spiro atoms. The third-order valence-corrected chi connectivity index (χ3v) is 3.98. The third kappa shape index (κ3) is 4.84. The van der Waals surface area contributed by atoms with Crippen LogP contribution in [0.3, 0.4) is 0 Å². The van der Waals surface area contributed by atoms with Crippen molar-refractivity contribution in [3.05, 3.63) is 29.6 Å². The number of ether oxygens (including phenoxy) is 2. The van der Waals surface area contributed by atoms with Crippen LogP contribution in [0, 0.1) is 5.82 Å². The number of nitrogens with zero attached hydrogens (tertiary/aromatic N) is 1. The maximum atomic E-state index is 13.5. The molecule has 1 heterocycles. The first-order valence-electron chi connectivity index (χ1n) is 8.27. The lowest BCUT2D eigenvalue weighted by Crippen LogP contribution is -2.39. The highest BCUT2D eigenvalue weighted by atomic mass is 19.1. The van der Waals surface area contributed by atoms with Crippen LogP contribution in [-0.2, 0) is 4.74 Å². The Morgan fingerprint density at radius 1 is 1.42 bits per heavy atom. The van der Waals surface area contributed by atoms with E-state index in [4.69, 9.17) is 9.47 Å². The van der Waals surface area contributed by atoms with E-state index in [1.54, 1.807) is 18.1 Å². The number of amides is 1. The molecule has 2 unspecified atom stereocenters. The molecule has 2 rings (SSSR count). The summed E-state index contributed by atoms with van der Waals surface area (Å²) >= 11 is 0. The monoisotopic (exact) mass is 338 g/mol. The van der Waals surface area contributed by atoms with Crippen LogP contribution in [-0.4, -0.2) is 42.8 Å². The summed E-state index contributed by atoms with van der Waals surface area (Å²) < 4.78 is 24.2. The lowest BCUT2D eigenvalue weighted by molar-refractivity contribution is 0.0290. The Morgan fingerprint density at radius 2 is 2.12 bits per heavy atom. The molecule has 1 saturated heterocycles. The van der Waals surface area contributed by atoms with Crippen LogP contribution in [0.25, 0.3) is 0 Å². The van der Waals surface area contributed by atoms with Crippen LogP contribution in [0.4, 0.5) is 9.18 Å². The van der Waals surface area contributed by atoms with Gasteiger partial charge in [-0.1, -0.05) is 0 Å². The average Bonchev–Trinajstić information content (AvgIpc) is 2.94. The molecule has 0 saturated carbocycles. The zero-order valence-corrected chi connectivity index (χ0v) is 15.1. The average molecular weight is 338 g/mol. The number of methoxy groups -OCH3 is 1. The molecule has 0 aromatic heterocycles. The predicted molar refractivity (Wildman–Crippen MR) is 90.7 cm³/mol. The van der Waals surface area contributed by atoms with Crippen LogP contribution in [0.2, 0.25) is 0 Å².